The first-order valence-corrected chi connectivity index (χ1v) is 14.2. The molecule has 2 aromatic rings. The first-order valence-electron chi connectivity index (χ1n) is 12.8. The molecule has 2 saturated heterocycles. The summed E-state index contributed by atoms with van der Waals surface area (Å²) < 4.78 is 100. The van der Waals surface area contributed by atoms with Crippen LogP contribution in [0.4, 0.5) is 22.0 Å². The Morgan fingerprint density at radius 1 is 1.02 bits per heavy atom. The molecule has 1 aromatic heterocycles. The third-order valence-electron chi connectivity index (χ3n) is 7.08. The molecule has 1 atom stereocenters. The zero-order chi connectivity index (χ0) is 29.0. The summed E-state index contributed by atoms with van der Waals surface area (Å²) >= 11 is 0. The summed E-state index contributed by atoms with van der Waals surface area (Å²) in [5.41, 5.74) is 3.32. The summed E-state index contributed by atoms with van der Waals surface area (Å²) in [4.78, 5) is 22.6. The Balaban J connectivity index is 1.47. The molecule has 1 N–H and O–H groups in total. The minimum atomic E-state index is -5.62. The number of ether oxygens (including phenoxy) is 2. The van der Waals surface area contributed by atoms with Crippen LogP contribution in [0.1, 0.15) is 44.1 Å². The quantitative estimate of drug-likeness (QED) is 0.330. The van der Waals surface area contributed by atoms with E-state index in [4.69, 9.17) is 14.3 Å². The SMILES string of the molecule is O=C(NOC1CCCCO1)C1(S(=O)(=O)c2ccc(-c3ccc(CCC(F)(F)C(F)(F)F)cn3)cc2)CCOCC1. The van der Waals surface area contributed by atoms with Crippen LogP contribution in [0, 0.1) is 0 Å². The molecule has 8 nitrogen and oxygen atoms in total. The largest absolute Gasteiger partial charge is 0.453 e. The zero-order valence-electron chi connectivity index (χ0n) is 21.4. The van der Waals surface area contributed by atoms with Crippen molar-refractivity contribution in [3.63, 3.8) is 0 Å². The Kier molecular flexibility index (Phi) is 9.12. The van der Waals surface area contributed by atoms with Gasteiger partial charge in [0.05, 0.1) is 10.6 Å². The minimum Gasteiger partial charge on any atom is -0.381 e. The van der Waals surface area contributed by atoms with Crippen molar-refractivity contribution in [2.75, 3.05) is 19.8 Å². The number of benzene rings is 1. The first kappa shape index (κ1) is 30.3. The number of rotatable bonds is 9. The third-order valence-corrected chi connectivity index (χ3v) is 9.59. The number of carbonyl (C=O) groups is 1. The maximum atomic E-state index is 13.8. The van der Waals surface area contributed by atoms with Gasteiger partial charge in [-0.15, -0.1) is 0 Å². The first-order chi connectivity index (χ1) is 18.9. The number of aromatic nitrogens is 1. The molecule has 4 rings (SSSR count). The number of amides is 1. The predicted molar refractivity (Wildman–Crippen MR) is 132 cm³/mol. The van der Waals surface area contributed by atoms with Gasteiger partial charge in [0, 0.05) is 44.4 Å². The number of hydrogen-bond acceptors (Lipinski definition) is 7. The lowest BCUT2D eigenvalue weighted by molar-refractivity contribution is -0.284. The molecule has 0 aliphatic carbocycles. The Hall–Kier alpha value is -2.68. The third kappa shape index (κ3) is 6.45. The summed E-state index contributed by atoms with van der Waals surface area (Å²) in [7, 11) is -4.21. The van der Waals surface area contributed by atoms with E-state index in [9.17, 15) is 35.2 Å². The Bertz CT molecular complexity index is 1260. The van der Waals surface area contributed by atoms with E-state index in [0.29, 0.717) is 24.3 Å². The molecule has 220 valence electrons. The monoisotopic (exact) mass is 592 g/mol. The molecule has 3 heterocycles. The van der Waals surface area contributed by atoms with Crippen molar-refractivity contribution in [1.29, 1.82) is 0 Å². The Labute approximate surface area is 228 Å². The van der Waals surface area contributed by atoms with Crippen LogP contribution in [0.2, 0.25) is 0 Å². The van der Waals surface area contributed by atoms with Crippen molar-refractivity contribution in [1.82, 2.24) is 10.5 Å². The number of sulfone groups is 1. The van der Waals surface area contributed by atoms with Crippen LogP contribution >= 0.6 is 0 Å². The number of nitrogens with zero attached hydrogens (tertiary/aromatic N) is 1. The summed E-state index contributed by atoms with van der Waals surface area (Å²) in [6.07, 6.45) is -4.85. The molecular weight excluding hydrogens is 563 g/mol. The Morgan fingerprint density at radius 3 is 2.30 bits per heavy atom. The lowest BCUT2D eigenvalue weighted by Gasteiger charge is -2.35. The Morgan fingerprint density at radius 2 is 1.73 bits per heavy atom. The molecule has 2 fully saturated rings. The van der Waals surface area contributed by atoms with Crippen molar-refractivity contribution in [2.45, 2.75) is 73.0 Å². The number of nitrogens with one attached hydrogen (secondary N) is 1. The highest BCUT2D eigenvalue weighted by Crippen LogP contribution is 2.39. The van der Waals surface area contributed by atoms with Crippen LogP contribution < -0.4 is 5.48 Å². The number of hydrogen-bond donors (Lipinski definition) is 1. The predicted octanol–water partition coefficient (Wildman–Crippen LogP) is 4.78. The molecule has 40 heavy (non-hydrogen) atoms. The standard InChI is InChI=1S/C26H29F5N2O6S/c27-25(28,26(29,30)31)11-10-18-4-9-21(32-17-18)19-5-7-20(8-6-19)40(35,36)24(12-15-37-16-13-24)23(34)33-39-22-3-1-2-14-38-22/h4-9,17,22H,1-3,10-16H2,(H,33,34). The number of aryl methyl sites for hydroxylation is 1. The smallest absolute Gasteiger partial charge is 0.381 e. The van der Waals surface area contributed by atoms with Gasteiger partial charge in [-0.05, 0) is 55.9 Å². The van der Waals surface area contributed by atoms with Crippen molar-refractivity contribution in [3.8, 4) is 11.3 Å². The lowest BCUT2D eigenvalue weighted by Crippen LogP contribution is -2.56. The van der Waals surface area contributed by atoms with E-state index < -0.39 is 51.7 Å². The summed E-state index contributed by atoms with van der Waals surface area (Å²) in [6.45, 7) is 0.613. The van der Waals surface area contributed by atoms with Gasteiger partial charge in [-0.1, -0.05) is 18.2 Å². The zero-order valence-corrected chi connectivity index (χ0v) is 22.2. The average molecular weight is 593 g/mol. The van der Waals surface area contributed by atoms with E-state index in [1.807, 2.05) is 0 Å². The van der Waals surface area contributed by atoms with E-state index >= 15 is 0 Å². The van der Waals surface area contributed by atoms with E-state index in [1.54, 1.807) is 0 Å². The van der Waals surface area contributed by atoms with E-state index in [0.717, 1.165) is 12.8 Å². The summed E-state index contributed by atoms with van der Waals surface area (Å²) in [5.74, 6) is -5.61. The molecule has 1 unspecified atom stereocenters. The molecule has 0 spiro atoms. The number of hydroxylamine groups is 1. The summed E-state index contributed by atoms with van der Waals surface area (Å²) in [5, 5.41) is 0. The minimum absolute atomic E-state index is 0.0653. The van der Waals surface area contributed by atoms with Gasteiger partial charge < -0.3 is 9.47 Å². The lowest BCUT2D eigenvalue weighted by atomic mass is 9.98. The van der Waals surface area contributed by atoms with Gasteiger partial charge in [-0.3, -0.25) is 9.78 Å². The highest BCUT2D eigenvalue weighted by molar-refractivity contribution is 7.93. The topological polar surface area (TPSA) is 104 Å². The molecule has 2 aliphatic heterocycles. The van der Waals surface area contributed by atoms with E-state index in [1.165, 1.54) is 42.6 Å². The molecule has 1 amide bonds. The fourth-order valence-electron chi connectivity index (χ4n) is 4.55. The van der Waals surface area contributed by atoms with E-state index in [2.05, 4.69) is 10.5 Å². The van der Waals surface area contributed by atoms with Crippen molar-refractivity contribution < 1.29 is 49.5 Å². The molecule has 1 aromatic carbocycles. The normalized spacial score (nSPS) is 20.2. The number of carbonyl (C=O) groups excluding carboxylic acids is 1. The van der Waals surface area contributed by atoms with Gasteiger partial charge in [0.25, 0.3) is 5.91 Å². The van der Waals surface area contributed by atoms with Gasteiger partial charge in [0.1, 0.15) is 0 Å². The maximum Gasteiger partial charge on any atom is 0.453 e. The van der Waals surface area contributed by atoms with Gasteiger partial charge in [0.2, 0.25) is 0 Å². The molecule has 0 bridgehead atoms. The van der Waals surface area contributed by atoms with Crippen LogP contribution in [0.25, 0.3) is 11.3 Å². The molecule has 2 aliphatic rings. The van der Waals surface area contributed by atoms with Crippen LogP contribution in [0.5, 0.6) is 0 Å². The van der Waals surface area contributed by atoms with Crippen molar-refractivity contribution in [2.24, 2.45) is 0 Å². The number of halogens is 5. The highest BCUT2D eigenvalue weighted by atomic mass is 32.2. The fourth-order valence-corrected chi connectivity index (χ4v) is 6.49. The van der Waals surface area contributed by atoms with Gasteiger partial charge in [0.15, 0.2) is 20.9 Å². The van der Waals surface area contributed by atoms with Crippen LogP contribution in [0.3, 0.4) is 0 Å². The van der Waals surface area contributed by atoms with Crippen molar-refractivity contribution >= 4 is 15.7 Å². The second kappa shape index (κ2) is 12.0. The van der Waals surface area contributed by atoms with Gasteiger partial charge in [-0.2, -0.15) is 22.0 Å². The van der Waals surface area contributed by atoms with Crippen molar-refractivity contribution in [3.05, 3.63) is 48.2 Å². The molecule has 0 radical (unpaired) electrons. The summed E-state index contributed by atoms with van der Waals surface area (Å²) in [6, 6.07) is 8.45. The second-order valence-electron chi connectivity index (χ2n) is 9.73. The van der Waals surface area contributed by atoms with Crippen LogP contribution in [-0.2, 0) is 35.4 Å². The number of alkyl halides is 5. The van der Waals surface area contributed by atoms with E-state index in [-0.39, 0.29) is 36.5 Å². The number of pyridine rings is 1. The average Bonchev–Trinajstić information content (AvgIpc) is 2.95. The highest BCUT2D eigenvalue weighted by Gasteiger charge is 2.56. The van der Waals surface area contributed by atoms with Crippen LogP contribution in [-0.4, -0.2) is 62.3 Å². The van der Waals surface area contributed by atoms with Gasteiger partial charge in [-0.25, -0.2) is 18.7 Å². The molecular formula is C26H29F5N2O6S. The maximum absolute atomic E-state index is 13.8. The fraction of sp³-hybridized carbons (Fsp3) is 0.538. The van der Waals surface area contributed by atoms with Gasteiger partial charge >= 0.3 is 12.1 Å². The molecule has 14 heteroatoms. The second-order valence-corrected chi connectivity index (χ2v) is 12.0. The van der Waals surface area contributed by atoms with Crippen LogP contribution in [0.15, 0.2) is 47.5 Å². The molecule has 0 saturated carbocycles.